The van der Waals surface area contributed by atoms with E-state index in [1.807, 2.05) is 0 Å². The van der Waals surface area contributed by atoms with E-state index < -0.39 is 22.8 Å². The first-order valence-corrected chi connectivity index (χ1v) is 6.69. The van der Waals surface area contributed by atoms with Gasteiger partial charge in [-0.05, 0) is 25.0 Å². The summed E-state index contributed by atoms with van der Waals surface area (Å²) >= 11 is 0. The average Bonchev–Trinajstić information content (AvgIpc) is 3.12. The fourth-order valence-electron chi connectivity index (χ4n) is 2.66. The van der Waals surface area contributed by atoms with Gasteiger partial charge in [0.05, 0.1) is 4.92 Å². The van der Waals surface area contributed by atoms with Crippen molar-refractivity contribution in [1.82, 2.24) is 4.90 Å². The Kier molecular flexibility index (Phi) is 3.28. The van der Waals surface area contributed by atoms with Gasteiger partial charge in [-0.25, -0.2) is 4.79 Å². The Labute approximate surface area is 124 Å². The molecule has 8 nitrogen and oxygen atoms in total. The van der Waals surface area contributed by atoms with Crippen LogP contribution in [0.2, 0.25) is 0 Å². The average molecular weight is 304 g/mol. The van der Waals surface area contributed by atoms with Crippen molar-refractivity contribution in [2.45, 2.75) is 18.9 Å². The molecular formula is C14H12N2O6. The number of nitro benzene ring substituents is 1. The number of carboxylic acids is 1. The van der Waals surface area contributed by atoms with Gasteiger partial charge < -0.3 is 14.4 Å². The summed E-state index contributed by atoms with van der Waals surface area (Å²) in [5.41, 5.74) is 0.247. The number of hydrogen-bond donors (Lipinski definition) is 1. The molecular weight excluding hydrogens is 292 g/mol. The quantitative estimate of drug-likeness (QED) is 0.685. The van der Waals surface area contributed by atoms with Crippen molar-refractivity contribution in [3.05, 3.63) is 40.1 Å². The summed E-state index contributed by atoms with van der Waals surface area (Å²) in [6.07, 6.45) is 1.03. The van der Waals surface area contributed by atoms with Crippen LogP contribution in [0.25, 0.3) is 11.0 Å². The zero-order chi connectivity index (χ0) is 15.9. The third-order valence-electron chi connectivity index (χ3n) is 3.72. The number of carboxylic acid groups (broad SMARTS) is 1. The minimum Gasteiger partial charge on any atom is -0.480 e. The number of amides is 1. The van der Waals surface area contributed by atoms with Crippen LogP contribution in [0.5, 0.6) is 0 Å². The van der Waals surface area contributed by atoms with E-state index in [0.717, 1.165) is 0 Å². The second kappa shape index (κ2) is 5.14. The number of fused-ring (bicyclic) bond motifs is 1. The molecule has 1 aromatic carbocycles. The summed E-state index contributed by atoms with van der Waals surface area (Å²) in [5, 5.41) is 20.3. The second-order valence-corrected chi connectivity index (χ2v) is 5.08. The molecule has 1 N–H and O–H groups in total. The van der Waals surface area contributed by atoms with Crippen molar-refractivity contribution in [3.8, 4) is 0 Å². The van der Waals surface area contributed by atoms with Crippen molar-refractivity contribution in [1.29, 1.82) is 0 Å². The lowest BCUT2D eigenvalue weighted by Gasteiger charge is -2.19. The second-order valence-electron chi connectivity index (χ2n) is 5.08. The summed E-state index contributed by atoms with van der Waals surface area (Å²) < 4.78 is 5.40. The molecule has 0 radical (unpaired) electrons. The molecule has 1 aromatic heterocycles. The number of likely N-dealkylation sites (tertiary alicyclic amines) is 1. The third kappa shape index (κ3) is 2.28. The highest BCUT2D eigenvalue weighted by Gasteiger charge is 2.35. The lowest BCUT2D eigenvalue weighted by atomic mass is 10.2. The van der Waals surface area contributed by atoms with Crippen molar-refractivity contribution >= 4 is 28.5 Å². The fraction of sp³-hybridized carbons (Fsp3) is 0.286. The van der Waals surface area contributed by atoms with Crippen LogP contribution in [0, 0.1) is 10.1 Å². The zero-order valence-electron chi connectivity index (χ0n) is 11.4. The van der Waals surface area contributed by atoms with E-state index in [0.29, 0.717) is 30.4 Å². The highest BCUT2D eigenvalue weighted by atomic mass is 16.6. The molecule has 1 unspecified atom stereocenters. The van der Waals surface area contributed by atoms with Gasteiger partial charge in [0.1, 0.15) is 11.6 Å². The molecule has 114 valence electrons. The molecule has 0 aliphatic carbocycles. The van der Waals surface area contributed by atoms with E-state index in [1.54, 1.807) is 0 Å². The highest BCUT2D eigenvalue weighted by Crippen LogP contribution is 2.27. The maximum absolute atomic E-state index is 12.4. The van der Waals surface area contributed by atoms with E-state index in [4.69, 9.17) is 9.52 Å². The number of furan rings is 1. The molecule has 1 aliphatic heterocycles. The Bertz CT molecular complexity index is 781. The Morgan fingerprint density at radius 3 is 2.82 bits per heavy atom. The molecule has 0 saturated carbocycles. The molecule has 0 bridgehead atoms. The van der Waals surface area contributed by atoms with Gasteiger partial charge in [-0.1, -0.05) is 0 Å². The maximum Gasteiger partial charge on any atom is 0.326 e. The summed E-state index contributed by atoms with van der Waals surface area (Å²) in [7, 11) is 0. The number of nitro groups is 1. The summed E-state index contributed by atoms with van der Waals surface area (Å²) in [4.78, 5) is 35.0. The lowest BCUT2D eigenvalue weighted by Crippen LogP contribution is -2.40. The van der Waals surface area contributed by atoms with Gasteiger partial charge >= 0.3 is 5.97 Å². The smallest absolute Gasteiger partial charge is 0.326 e. The number of carbonyl (C=O) groups excluding carboxylic acids is 1. The number of hydrogen-bond acceptors (Lipinski definition) is 5. The van der Waals surface area contributed by atoms with Crippen molar-refractivity contribution in [2.75, 3.05) is 6.54 Å². The van der Waals surface area contributed by atoms with Crippen molar-refractivity contribution in [3.63, 3.8) is 0 Å². The van der Waals surface area contributed by atoms with E-state index >= 15 is 0 Å². The van der Waals surface area contributed by atoms with E-state index in [2.05, 4.69) is 0 Å². The van der Waals surface area contributed by atoms with Gasteiger partial charge in [0.25, 0.3) is 11.6 Å². The number of nitrogens with zero attached hydrogens (tertiary/aromatic N) is 2. The molecule has 1 aliphatic rings. The molecule has 2 aromatic rings. The van der Waals surface area contributed by atoms with Gasteiger partial charge in [0.15, 0.2) is 5.76 Å². The SMILES string of the molecule is O=C(O)C1CCCN1C(=O)c1cc2cc([N+](=O)[O-])ccc2o1. The predicted octanol–water partition coefficient (Wildman–Crippen LogP) is 2.03. The van der Waals surface area contributed by atoms with Gasteiger partial charge in [0, 0.05) is 24.1 Å². The fourth-order valence-corrected chi connectivity index (χ4v) is 2.66. The van der Waals surface area contributed by atoms with Gasteiger partial charge in [-0.2, -0.15) is 0 Å². The predicted molar refractivity (Wildman–Crippen MR) is 74.6 cm³/mol. The Morgan fingerprint density at radius 1 is 1.36 bits per heavy atom. The van der Waals surface area contributed by atoms with Crippen LogP contribution in [-0.4, -0.2) is 39.4 Å². The van der Waals surface area contributed by atoms with Crippen LogP contribution >= 0.6 is 0 Å². The highest BCUT2D eigenvalue weighted by molar-refractivity contribution is 5.98. The molecule has 1 amide bonds. The maximum atomic E-state index is 12.4. The van der Waals surface area contributed by atoms with Crippen LogP contribution < -0.4 is 0 Å². The molecule has 0 spiro atoms. The minimum atomic E-state index is -1.04. The Morgan fingerprint density at radius 2 is 2.14 bits per heavy atom. The standard InChI is InChI=1S/C14H12N2O6/c17-13(15-5-1-2-10(15)14(18)19)12-7-8-6-9(16(20)21)3-4-11(8)22-12/h3-4,6-7,10H,1-2,5H2,(H,18,19). The van der Waals surface area contributed by atoms with E-state index in [-0.39, 0.29) is 11.4 Å². The molecule has 8 heteroatoms. The van der Waals surface area contributed by atoms with E-state index in [9.17, 15) is 19.7 Å². The van der Waals surface area contributed by atoms with Crippen LogP contribution in [0.4, 0.5) is 5.69 Å². The normalized spacial score (nSPS) is 17.8. The van der Waals surface area contributed by atoms with Crippen molar-refractivity contribution in [2.24, 2.45) is 0 Å². The molecule has 1 fully saturated rings. The summed E-state index contributed by atoms with van der Waals surface area (Å²) in [6.45, 7) is 0.354. The molecule has 1 saturated heterocycles. The van der Waals surface area contributed by atoms with Crippen LogP contribution in [0.15, 0.2) is 28.7 Å². The molecule has 2 heterocycles. The minimum absolute atomic E-state index is 0.0105. The number of non-ortho nitro benzene ring substituents is 1. The Balaban J connectivity index is 1.94. The summed E-state index contributed by atoms with van der Waals surface area (Å²) in [6, 6.07) is 4.57. The van der Waals surface area contributed by atoms with Crippen molar-refractivity contribution < 1.29 is 24.0 Å². The lowest BCUT2D eigenvalue weighted by molar-refractivity contribution is -0.384. The molecule has 1 atom stereocenters. The van der Waals surface area contributed by atoms with Gasteiger partial charge in [0.2, 0.25) is 0 Å². The number of rotatable bonds is 3. The molecule has 3 rings (SSSR count). The monoisotopic (exact) mass is 304 g/mol. The first-order chi connectivity index (χ1) is 10.5. The zero-order valence-corrected chi connectivity index (χ0v) is 11.4. The number of carbonyl (C=O) groups is 2. The third-order valence-corrected chi connectivity index (χ3v) is 3.72. The Hall–Kier alpha value is -2.90. The largest absolute Gasteiger partial charge is 0.480 e. The van der Waals surface area contributed by atoms with Crippen LogP contribution in [0.3, 0.4) is 0 Å². The number of benzene rings is 1. The van der Waals surface area contributed by atoms with Crippen LogP contribution in [0.1, 0.15) is 23.4 Å². The number of aliphatic carboxylic acids is 1. The van der Waals surface area contributed by atoms with Crippen LogP contribution in [-0.2, 0) is 4.79 Å². The van der Waals surface area contributed by atoms with Gasteiger partial charge in [-0.15, -0.1) is 0 Å². The molecule has 22 heavy (non-hydrogen) atoms. The van der Waals surface area contributed by atoms with Gasteiger partial charge in [-0.3, -0.25) is 14.9 Å². The summed E-state index contributed by atoms with van der Waals surface area (Å²) in [5.74, 6) is -1.56. The topological polar surface area (TPSA) is 114 Å². The van der Waals surface area contributed by atoms with E-state index in [1.165, 1.54) is 29.2 Å². The first-order valence-electron chi connectivity index (χ1n) is 6.69. The first kappa shape index (κ1) is 14.1.